The van der Waals surface area contributed by atoms with Crippen molar-refractivity contribution in [3.63, 3.8) is 0 Å². The van der Waals surface area contributed by atoms with Crippen LogP contribution in [0, 0.1) is 0 Å². The molecular formula is C27H28NO7P. The Labute approximate surface area is 210 Å². The zero-order valence-electron chi connectivity index (χ0n) is 19.9. The second-order valence-corrected chi connectivity index (χ2v) is 9.40. The number of carbonyl (C=O) groups is 2. The molecule has 3 rings (SSSR count). The molecule has 9 heteroatoms. The molecule has 3 aromatic rings. The van der Waals surface area contributed by atoms with Crippen molar-refractivity contribution in [2.24, 2.45) is 0 Å². The van der Waals surface area contributed by atoms with Gasteiger partial charge in [-0.1, -0.05) is 55.1 Å². The summed E-state index contributed by atoms with van der Waals surface area (Å²) in [5, 5.41) is 2.77. The standard InChI is InChI=1S/C27H28NO7P/c1-3-19-33-26(29)18-11-21-9-14-24(15-10-21)28-36(31,32-2)35-25-16-12-23(13-17-25)27(30)34-20-22-7-5-4-6-8-22/h3-10,12-17H,1,11,18-20H2,2H3,(H,28,31). The van der Waals surface area contributed by atoms with Crippen LogP contribution in [-0.4, -0.2) is 25.7 Å². The molecule has 0 heterocycles. The summed E-state index contributed by atoms with van der Waals surface area (Å²) in [5.74, 6) is -0.528. The average molecular weight is 509 g/mol. The van der Waals surface area contributed by atoms with Crippen LogP contribution >= 0.6 is 7.75 Å². The van der Waals surface area contributed by atoms with Gasteiger partial charge in [0.2, 0.25) is 0 Å². The summed E-state index contributed by atoms with van der Waals surface area (Å²) in [5.41, 5.74) is 2.65. The van der Waals surface area contributed by atoms with Gasteiger partial charge >= 0.3 is 19.7 Å². The zero-order chi connectivity index (χ0) is 25.8. The van der Waals surface area contributed by atoms with Crippen LogP contribution in [0.4, 0.5) is 5.69 Å². The van der Waals surface area contributed by atoms with Crippen molar-refractivity contribution in [2.45, 2.75) is 19.4 Å². The van der Waals surface area contributed by atoms with Gasteiger partial charge in [0.15, 0.2) is 0 Å². The monoisotopic (exact) mass is 509 g/mol. The van der Waals surface area contributed by atoms with E-state index in [-0.39, 0.29) is 31.4 Å². The molecule has 1 unspecified atom stereocenters. The molecule has 0 radical (unpaired) electrons. The smallest absolute Gasteiger partial charge is 0.461 e. The molecule has 0 saturated heterocycles. The lowest BCUT2D eigenvalue weighted by Gasteiger charge is -2.19. The highest BCUT2D eigenvalue weighted by atomic mass is 31.2. The highest BCUT2D eigenvalue weighted by Gasteiger charge is 2.25. The number of ether oxygens (including phenoxy) is 2. The molecule has 0 aliphatic carbocycles. The minimum Gasteiger partial charge on any atom is -0.461 e. The summed E-state index contributed by atoms with van der Waals surface area (Å²) < 4.78 is 34.0. The number of rotatable bonds is 13. The first-order chi connectivity index (χ1) is 17.4. The predicted octanol–water partition coefficient (Wildman–Crippen LogP) is 5.95. The number of anilines is 1. The van der Waals surface area contributed by atoms with E-state index in [2.05, 4.69) is 11.7 Å². The van der Waals surface area contributed by atoms with E-state index in [4.69, 9.17) is 18.5 Å². The summed E-state index contributed by atoms with van der Waals surface area (Å²) >= 11 is 0. The lowest BCUT2D eigenvalue weighted by atomic mass is 10.1. The van der Waals surface area contributed by atoms with Crippen molar-refractivity contribution >= 4 is 25.4 Å². The van der Waals surface area contributed by atoms with Crippen LogP contribution in [-0.2, 0) is 36.4 Å². The second-order valence-electron chi connectivity index (χ2n) is 7.64. The summed E-state index contributed by atoms with van der Waals surface area (Å²) in [7, 11) is -2.47. The van der Waals surface area contributed by atoms with Gasteiger partial charge in [0, 0.05) is 19.2 Å². The first-order valence-electron chi connectivity index (χ1n) is 11.2. The largest absolute Gasteiger partial charge is 0.486 e. The van der Waals surface area contributed by atoms with Gasteiger partial charge < -0.3 is 14.0 Å². The molecule has 36 heavy (non-hydrogen) atoms. The SMILES string of the molecule is C=CCOC(=O)CCc1ccc(NP(=O)(OC)Oc2ccc(C(=O)OCc3ccccc3)cc2)cc1. The van der Waals surface area contributed by atoms with E-state index < -0.39 is 13.7 Å². The number of hydrogen-bond acceptors (Lipinski definition) is 7. The van der Waals surface area contributed by atoms with Crippen molar-refractivity contribution < 1.29 is 32.7 Å². The Balaban J connectivity index is 1.53. The van der Waals surface area contributed by atoms with E-state index in [1.165, 1.54) is 37.5 Å². The molecule has 0 spiro atoms. The third kappa shape index (κ3) is 8.41. The van der Waals surface area contributed by atoms with E-state index in [0.29, 0.717) is 17.7 Å². The van der Waals surface area contributed by atoms with Gasteiger partial charge in [0.25, 0.3) is 0 Å². The molecular weight excluding hydrogens is 481 g/mol. The lowest BCUT2D eigenvalue weighted by Crippen LogP contribution is -2.07. The Bertz CT molecular complexity index is 1200. The van der Waals surface area contributed by atoms with Crippen LogP contribution in [0.3, 0.4) is 0 Å². The van der Waals surface area contributed by atoms with Crippen LogP contribution in [0.15, 0.2) is 91.5 Å². The molecule has 0 fully saturated rings. The molecule has 0 amide bonds. The summed E-state index contributed by atoms with van der Waals surface area (Å²) in [6, 6.07) is 22.5. The number of aryl methyl sites for hydroxylation is 1. The molecule has 8 nitrogen and oxygen atoms in total. The molecule has 0 aliphatic heterocycles. The Hall–Kier alpha value is -3.87. The fraction of sp³-hybridized carbons (Fsp3) is 0.185. The first kappa shape index (κ1) is 26.7. The molecule has 3 aromatic carbocycles. The lowest BCUT2D eigenvalue weighted by molar-refractivity contribution is -0.142. The van der Waals surface area contributed by atoms with Crippen LogP contribution < -0.4 is 9.61 Å². The third-order valence-electron chi connectivity index (χ3n) is 4.97. The number of nitrogens with one attached hydrogen (secondary N) is 1. The predicted molar refractivity (Wildman–Crippen MR) is 137 cm³/mol. The number of carbonyl (C=O) groups excluding carboxylic acids is 2. The minimum atomic E-state index is -3.74. The molecule has 188 valence electrons. The van der Waals surface area contributed by atoms with Crippen molar-refractivity contribution in [3.05, 3.63) is 108 Å². The van der Waals surface area contributed by atoms with E-state index in [1.54, 1.807) is 24.3 Å². The molecule has 1 atom stereocenters. The van der Waals surface area contributed by atoms with E-state index in [0.717, 1.165) is 11.1 Å². The summed E-state index contributed by atoms with van der Waals surface area (Å²) in [4.78, 5) is 23.9. The van der Waals surface area contributed by atoms with Crippen molar-refractivity contribution in [3.8, 4) is 5.75 Å². The molecule has 1 N–H and O–H groups in total. The van der Waals surface area contributed by atoms with Gasteiger partial charge in [0.05, 0.1) is 5.56 Å². The zero-order valence-corrected chi connectivity index (χ0v) is 20.8. The molecule has 0 saturated carbocycles. The van der Waals surface area contributed by atoms with E-state index >= 15 is 0 Å². The van der Waals surface area contributed by atoms with E-state index in [1.807, 2.05) is 30.3 Å². The Morgan fingerprint density at radius 2 is 1.61 bits per heavy atom. The van der Waals surface area contributed by atoms with Crippen molar-refractivity contribution in [1.29, 1.82) is 0 Å². The van der Waals surface area contributed by atoms with Gasteiger partial charge in [-0.15, -0.1) is 0 Å². The molecule has 0 bridgehead atoms. The van der Waals surface area contributed by atoms with Crippen molar-refractivity contribution in [2.75, 3.05) is 18.8 Å². The van der Waals surface area contributed by atoms with Crippen molar-refractivity contribution in [1.82, 2.24) is 0 Å². The molecule has 0 aromatic heterocycles. The Morgan fingerprint density at radius 3 is 2.25 bits per heavy atom. The maximum atomic E-state index is 13.1. The highest BCUT2D eigenvalue weighted by molar-refractivity contribution is 7.55. The Morgan fingerprint density at radius 1 is 0.917 bits per heavy atom. The Kier molecular flexibility index (Phi) is 9.86. The van der Waals surface area contributed by atoms with Gasteiger partial charge in [-0.2, -0.15) is 0 Å². The normalized spacial score (nSPS) is 12.1. The maximum Gasteiger partial charge on any atom is 0.486 e. The maximum absolute atomic E-state index is 13.1. The quantitative estimate of drug-likeness (QED) is 0.171. The minimum absolute atomic E-state index is 0.166. The average Bonchev–Trinajstić information content (AvgIpc) is 2.91. The second kappa shape index (κ2) is 13.3. The summed E-state index contributed by atoms with van der Waals surface area (Å²) in [6.45, 7) is 3.86. The fourth-order valence-electron chi connectivity index (χ4n) is 3.08. The van der Waals surface area contributed by atoms with E-state index in [9.17, 15) is 14.2 Å². The van der Waals surface area contributed by atoms with Crippen LogP contribution in [0.5, 0.6) is 5.75 Å². The summed E-state index contributed by atoms with van der Waals surface area (Å²) in [6.07, 6.45) is 2.27. The van der Waals surface area contributed by atoms with Crippen LogP contribution in [0.2, 0.25) is 0 Å². The van der Waals surface area contributed by atoms with Crippen LogP contribution in [0.1, 0.15) is 27.9 Å². The number of hydrogen-bond donors (Lipinski definition) is 1. The topological polar surface area (TPSA) is 100 Å². The van der Waals surface area contributed by atoms with Crippen LogP contribution in [0.25, 0.3) is 0 Å². The molecule has 0 aliphatic rings. The van der Waals surface area contributed by atoms with Gasteiger partial charge in [-0.3, -0.25) is 14.4 Å². The van der Waals surface area contributed by atoms with Gasteiger partial charge in [-0.25, -0.2) is 9.36 Å². The fourth-order valence-corrected chi connectivity index (χ4v) is 4.15. The highest BCUT2D eigenvalue weighted by Crippen LogP contribution is 2.47. The van der Waals surface area contributed by atoms with Gasteiger partial charge in [-0.05, 0) is 53.9 Å². The first-order valence-corrected chi connectivity index (χ1v) is 12.8. The number of benzene rings is 3. The number of esters is 2. The van der Waals surface area contributed by atoms with Gasteiger partial charge in [0.1, 0.15) is 19.0 Å². The third-order valence-corrected chi connectivity index (χ3v) is 6.43.